The number of esters is 1. The van der Waals surface area contributed by atoms with E-state index in [4.69, 9.17) is 9.47 Å². The molecule has 1 aromatic carbocycles. The summed E-state index contributed by atoms with van der Waals surface area (Å²) in [5, 5.41) is 11.7. The third-order valence-corrected chi connectivity index (χ3v) is 6.37. The Labute approximate surface area is 275 Å². The average molecular weight is 713 g/mol. The summed E-state index contributed by atoms with van der Waals surface area (Å²) in [7, 11) is 3.89. The molecule has 11 heteroatoms. The van der Waals surface area contributed by atoms with Crippen molar-refractivity contribution < 1.29 is 47.6 Å². The number of anilines is 1. The summed E-state index contributed by atoms with van der Waals surface area (Å²) >= 11 is 0. The number of azo groups is 1. The van der Waals surface area contributed by atoms with Gasteiger partial charge in [0.2, 0.25) is 0 Å². The van der Waals surface area contributed by atoms with Crippen LogP contribution in [0.15, 0.2) is 46.9 Å². The first-order valence-electron chi connectivity index (χ1n) is 15.2. The Morgan fingerprint density at radius 3 is 2.00 bits per heavy atom. The lowest BCUT2D eigenvalue weighted by Gasteiger charge is -2.25. The molecule has 0 aliphatic heterocycles. The van der Waals surface area contributed by atoms with E-state index in [1.54, 1.807) is 0 Å². The van der Waals surface area contributed by atoms with Crippen molar-refractivity contribution in [2.24, 2.45) is 24.3 Å². The number of hydrogen-bond donors (Lipinski definition) is 1. The molecule has 2 rings (SSSR count). The van der Waals surface area contributed by atoms with Gasteiger partial charge in [0.25, 0.3) is 0 Å². The van der Waals surface area contributed by atoms with Gasteiger partial charge in [-0.25, -0.2) is 13.9 Å². The summed E-state index contributed by atoms with van der Waals surface area (Å²) in [6, 6.07) is 8.21. The summed E-state index contributed by atoms with van der Waals surface area (Å²) in [5.41, 5.74) is 1.03. The van der Waals surface area contributed by atoms with Gasteiger partial charge in [-0.15, -0.1) is 0 Å². The monoisotopic (exact) mass is 712 g/mol. The number of ether oxygens (including phenoxy) is 2. The van der Waals surface area contributed by atoms with Crippen LogP contribution in [0.25, 0.3) is 0 Å². The normalized spacial score (nSPS) is 11.7. The van der Waals surface area contributed by atoms with Gasteiger partial charge in [-0.1, -0.05) is 18.0 Å². The Morgan fingerprint density at radius 2 is 1.44 bits per heavy atom. The van der Waals surface area contributed by atoms with E-state index in [9.17, 15) is 9.59 Å². The van der Waals surface area contributed by atoms with Crippen LogP contribution in [0, 0.1) is 0 Å². The maximum absolute atomic E-state index is 12.0. The van der Waals surface area contributed by atoms with Crippen LogP contribution in [0.5, 0.6) is 0 Å². The molecule has 1 heterocycles. The van der Waals surface area contributed by atoms with E-state index in [0.29, 0.717) is 13.0 Å². The molecule has 0 unspecified atom stereocenters. The van der Waals surface area contributed by atoms with E-state index in [1.165, 1.54) is 0 Å². The SMILES string of the molecule is Cn1cc[n+](C)c1N=Nc1ccc(N(CCCCCCC(=O)OC(C)(C)C)CCCCCNC(=O)OC(C)(C)C)cc1.[I-]. The highest BCUT2D eigenvalue weighted by atomic mass is 127. The van der Waals surface area contributed by atoms with Crippen molar-refractivity contribution in [2.45, 2.75) is 104 Å². The molecule has 0 aliphatic rings. The lowest BCUT2D eigenvalue weighted by molar-refractivity contribution is -0.657. The van der Waals surface area contributed by atoms with Gasteiger partial charge in [0.05, 0.1) is 26.5 Å². The average Bonchev–Trinajstić information content (AvgIpc) is 3.20. The highest BCUT2D eigenvalue weighted by Crippen LogP contribution is 2.23. The molecular formula is C32H53IN6O4. The van der Waals surface area contributed by atoms with Gasteiger partial charge in [0, 0.05) is 36.9 Å². The van der Waals surface area contributed by atoms with Crippen LogP contribution in [0.2, 0.25) is 0 Å². The van der Waals surface area contributed by atoms with Gasteiger partial charge in [-0.2, -0.15) is 0 Å². The van der Waals surface area contributed by atoms with Gasteiger partial charge in [-0.05, 0) is 97.9 Å². The van der Waals surface area contributed by atoms with E-state index < -0.39 is 11.2 Å². The minimum Gasteiger partial charge on any atom is -1.00 e. The molecule has 0 aliphatic carbocycles. The number of rotatable bonds is 16. The number of hydrogen-bond acceptors (Lipinski definition) is 7. The van der Waals surface area contributed by atoms with E-state index >= 15 is 0 Å². The molecule has 0 spiro atoms. The number of nitrogens with one attached hydrogen (secondary N) is 1. The lowest BCUT2D eigenvalue weighted by Crippen LogP contribution is -3.00. The van der Waals surface area contributed by atoms with Crippen molar-refractivity contribution in [2.75, 3.05) is 24.5 Å². The molecule has 1 N–H and O–H groups in total. The van der Waals surface area contributed by atoms with Crippen molar-refractivity contribution in [3.8, 4) is 0 Å². The summed E-state index contributed by atoms with van der Waals surface area (Å²) in [6.45, 7) is 13.7. The molecule has 242 valence electrons. The molecule has 0 saturated carbocycles. The molecule has 0 radical (unpaired) electrons. The molecule has 1 amide bonds. The van der Waals surface area contributed by atoms with E-state index in [0.717, 1.165) is 75.4 Å². The van der Waals surface area contributed by atoms with Gasteiger partial charge >= 0.3 is 18.0 Å². The Kier molecular flexibility index (Phi) is 16.8. The van der Waals surface area contributed by atoms with E-state index in [2.05, 4.69) is 32.6 Å². The first-order chi connectivity index (χ1) is 19.7. The number of carbonyl (C=O) groups excluding carboxylic acids is 2. The van der Waals surface area contributed by atoms with Crippen molar-refractivity contribution in [1.82, 2.24) is 9.88 Å². The first kappa shape index (κ1) is 38.3. The summed E-state index contributed by atoms with van der Waals surface area (Å²) in [4.78, 5) is 26.2. The third-order valence-electron chi connectivity index (χ3n) is 6.37. The number of imidazole rings is 1. The number of nitrogens with zero attached hydrogens (tertiary/aromatic N) is 5. The molecular weight excluding hydrogens is 659 g/mol. The minimum absolute atomic E-state index is 0. The number of unbranched alkanes of at least 4 members (excludes halogenated alkanes) is 5. The number of aromatic nitrogens is 2. The zero-order chi connectivity index (χ0) is 31.2. The molecule has 10 nitrogen and oxygen atoms in total. The first-order valence-corrected chi connectivity index (χ1v) is 15.2. The second-order valence-electron chi connectivity index (χ2n) is 12.8. The van der Waals surface area contributed by atoms with Gasteiger partial charge in [0.1, 0.15) is 16.9 Å². The number of halogens is 1. The molecule has 2 aromatic rings. The predicted molar refractivity (Wildman–Crippen MR) is 166 cm³/mol. The Hall–Kier alpha value is -2.70. The molecule has 0 atom stereocenters. The third kappa shape index (κ3) is 16.7. The lowest BCUT2D eigenvalue weighted by atomic mass is 10.1. The molecule has 43 heavy (non-hydrogen) atoms. The summed E-state index contributed by atoms with van der Waals surface area (Å²) in [6.07, 6.45) is 10.8. The van der Waals surface area contributed by atoms with E-state index in [1.807, 2.05) is 89.3 Å². The van der Waals surface area contributed by atoms with Crippen molar-refractivity contribution >= 4 is 29.4 Å². The highest BCUT2D eigenvalue weighted by molar-refractivity contribution is 5.69. The van der Waals surface area contributed by atoms with Gasteiger partial charge in [-0.3, -0.25) is 4.79 Å². The summed E-state index contributed by atoms with van der Waals surface area (Å²) in [5.74, 6) is 0.650. The fourth-order valence-electron chi connectivity index (χ4n) is 4.35. The van der Waals surface area contributed by atoms with Crippen LogP contribution >= 0.6 is 0 Å². The molecule has 0 saturated heterocycles. The second-order valence-corrected chi connectivity index (χ2v) is 12.8. The van der Waals surface area contributed by atoms with Crippen LogP contribution < -0.4 is 38.8 Å². The highest BCUT2D eigenvalue weighted by Gasteiger charge is 2.17. The summed E-state index contributed by atoms with van der Waals surface area (Å²) < 4.78 is 14.6. The van der Waals surface area contributed by atoms with E-state index in [-0.39, 0.29) is 36.0 Å². The Bertz CT molecular complexity index is 1080. The number of alkyl carbamates (subject to hydrolysis) is 1. The number of aryl methyl sites for hydroxylation is 2. The minimum atomic E-state index is -0.490. The molecule has 1 aromatic heterocycles. The quantitative estimate of drug-likeness (QED) is 0.0931. The van der Waals surface area contributed by atoms with Crippen LogP contribution in [0.1, 0.15) is 92.9 Å². The largest absolute Gasteiger partial charge is 1.00 e. The van der Waals surface area contributed by atoms with Gasteiger partial charge in [0.15, 0.2) is 0 Å². The number of amides is 1. The van der Waals surface area contributed by atoms with Crippen LogP contribution in [-0.4, -0.2) is 47.5 Å². The van der Waals surface area contributed by atoms with Crippen LogP contribution in [-0.2, 0) is 28.4 Å². The van der Waals surface area contributed by atoms with Crippen molar-refractivity contribution in [3.63, 3.8) is 0 Å². The second kappa shape index (κ2) is 18.9. The van der Waals surface area contributed by atoms with Crippen molar-refractivity contribution in [1.29, 1.82) is 0 Å². The fraction of sp³-hybridized carbons (Fsp3) is 0.656. The number of carbonyl (C=O) groups is 2. The topological polar surface area (TPSA) is 101 Å². The Balaban J connectivity index is 0.00000924. The van der Waals surface area contributed by atoms with Crippen molar-refractivity contribution in [3.05, 3.63) is 36.7 Å². The Morgan fingerprint density at radius 1 is 0.860 bits per heavy atom. The molecule has 0 bridgehead atoms. The standard InChI is InChI=1S/C32H52N6O4.HI/c1-31(2,3)41-28(39)16-12-9-10-14-22-38(23-15-11-13-21-33-30(40)42-32(4,5)6)27-19-17-26(18-20-27)34-35-29-36(7)24-25-37(29)8;/h17-20,24-25H,9-16,21-23H2,1-8H3;1H. The van der Waals surface area contributed by atoms with Crippen LogP contribution in [0.3, 0.4) is 0 Å². The fourth-order valence-corrected chi connectivity index (χ4v) is 4.35. The maximum Gasteiger partial charge on any atom is 0.421 e. The molecule has 0 fully saturated rings. The number of benzene rings is 1. The smallest absolute Gasteiger partial charge is 0.421 e. The van der Waals surface area contributed by atoms with Crippen LogP contribution in [0.4, 0.5) is 22.1 Å². The zero-order valence-electron chi connectivity index (χ0n) is 27.5. The van der Waals surface area contributed by atoms with Gasteiger partial charge < -0.3 is 43.7 Å². The maximum atomic E-state index is 12.0. The zero-order valence-corrected chi connectivity index (χ0v) is 29.6. The predicted octanol–water partition coefficient (Wildman–Crippen LogP) is 4.06.